The molecule has 2 aromatic rings. The number of hydrogen-bond acceptors (Lipinski definition) is 4. The first-order valence-corrected chi connectivity index (χ1v) is 10.9. The number of nitrogens with one attached hydrogen (secondary N) is 3. The van der Waals surface area contributed by atoms with E-state index in [0.717, 1.165) is 6.07 Å². The van der Waals surface area contributed by atoms with Crippen molar-refractivity contribution in [2.45, 2.75) is 36.3 Å². The van der Waals surface area contributed by atoms with Gasteiger partial charge in [0.25, 0.3) is 11.8 Å². The highest BCUT2D eigenvalue weighted by Gasteiger charge is 2.55. The van der Waals surface area contributed by atoms with Crippen molar-refractivity contribution in [3.8, 4) is 0 Å². The molecule has 1 saturated carbocycles. The summed E-state index contributed by atoms with van der Waals surface area (Å²) in [6.45, 7) is -0.759. The minimum atomic E-state index is -2.88. The summed E-state index contributed by atoms with van der Waals surface area (Å²) in [7, 11) is 0. The maximum absolute atomic E-state index is 13.7. The minimum absolute atomic E-state index is 0.0844. The average Bonchev–Trinajstić information content (AvgIpc) is 2.74. The molecule has 0 bridgehead atoms. The third kappa shape index (κ3) is 4.88. The Bertz CT molecular complexity index is 1120. The molecular weight excluding hydrogens is 475 g/mol. The first-order chi connectivity index (χ1) is 16.1. The number of benzene rings is 2. The van der Waals surface area contributed by atoms with E-state index in [0.29, 0.717) is 0 Å². The molecule has 0 aromatic heterocycles. The average molecular weight is 496 g/mol. The Labute approximate surface area is 198 Å². The van der Waals surface area contributed by atoms with Gasteiger partial charge in [0.1, 0.15) is 12.4 Å². The second kappa shape index (κ2) is 9.27. The summed E-state index contributed by atoms with van der Waals surface area (Å²) < 4.78 is 45.8. The van der Waals surface area contributed by atoms with Gasteiger partial charge in [0, 0.05) is 29.6 Å². The van der Waals surface area contributed by atoms with Crippen molar-refractivity contribution in [2.24, 2.45) is 0 Å². The number of amides is 3. The van der Waals surface area contributed by atoms with Crippen LogP contribution in [0.3, 0.4) is 0 Å². The smallest absolute Gasteiger partial charge is 0.253 e. The highest BCUT2D eigenvalue weighted by molar-refractivity contribution is 6.31. The first kappa shape index (κ1) is 24.0. The van der Waals surface area contributed by atoms with Crippen molar-refractivity contribution < 1.29 is 32.3 Å². The van der Waals surface area contributed by atoms with Gasteiger partial charge in [0.15, 0.2) is 5.54 Å². The fourth-order valence-corrected chi connectivity index (χ4v) is 4.48. The van der Waals surface area contributed by atoms with E-state index < -0.39 is 66.4 Å². The zero-order chi connectivity index (χ0) is 24.5. The third-order valence-electron chi connectivity index (χ3n) is 5.82. The highest BCUT2D eigenvalue weighted by Crippen LogP contribution is 2.40. The number of anilines is 1. The second-order valence-electron chi connectivity index (χ2n) is 8.40. The molecule has 11 heteroatoms. The largest absolute Gasteiger partial charge is 0.369 e. The van der Waals surface area contributed by atoms with Crippen molar-refractivity contribution in [1.82, 2.24) is 10.6 Å². The highest BCUT2D eigenvalue weighted by atomic mass is 35.5. The molecule has 0 spiro atoms. The van der Waals surface area contributed by atoms with E-state index in [2.05, 4.69) is 16.0 Å². The minimum Gasteiger partial charge on any atom is -0.369 e. The Kier molecular flexibility index (Phi) is 6.55. The number of morpholine rings is 1. The van der Waals surface area contributed by atoms with Crippen molar-refractivity contribution >= 4 is 35.0 Å². The van der Waals surface area contributed by atoms with E-state index in [1.807, 2.05) is 0 Å². The Morgan fingerprint density at radius 2 is 1.88 bits per heavy atom. The Balaban J connectivity index is 1.75. The van der Waals surface area contributed by atoms with E-state index in [1.165, 1.54) is 30.3 Å². The molecule has 7 nitrogen and oxygen atoms in total. The van der Waals surface area contributed by atoms with Crippen molar-refractivity contribution in [3.63, 3.8) is 0 Å². The van der Waals surface area contributed by atoms with Gasteiger partial charge < -0.3 is 20.7 Å². The van der Waals surface area contributed by atoms with Gasteiger partial charge in [-0.2, -0.15) is 0 Å². The van der Waals surface area contributed by atoms with E-state index >= 15 is 0 Å². The predicted molar refractivity (Wildman–Crippen MR) is 117 cm³/mol. The third-order valence-corrected chi connectivity index (χ3v) is 6.16. The molecule has 180 valence electrons. The van der Waals surface area contributed by atoms with Crippen LogP contribution in [0.4, 0.5) is 18.9 Å². The molecule has 3 amide bonds. The molecule has 2 fully saturated rings. The molecular formula is C23H21ClF3N3O4. The molecule has 2 aromatic carbocycles. The zero-order valence-electron chi connectivity index (χ0n) is 17.7. The topological polar surface area (TPSA) is 96.5 Å². The molecule has 0 radical (unpaired) electrons. The summed E-state index contributed by atoms with van der Waals surface area (Å²) in [4.78, 5) is 39.4. The van der Waals surface area contributed by atoms with E-state index in [4.69, 9.17) is 16.3 Å². The van der Waals surface area contributed by atoms with Crippen LogP contribution in [-0.4, -0.2) is 48.4 Å². The quantitative estimate of drug-likeness (QED) is 0.574. The van der Waals surface area contributed by atoms with Gasteiger partial charge in [0.05, 0.1) is 12.5 Å². The molecule has 2 aliphatic rings. The number of carbonyl (C=O) groups excluding carboxylic acids is 3. The fourth-order valence-electron chi connectivity index (χ4n) is 4.23. The van der Waals surface area contributed by atoms with Crippen LogP contribution in [0, 0.1) is 5.82 Å². The van der Waals surface area contributed by atoms with Crippen LogP contribution in [0.15, 0.2) is 48.5 Å². The Hall–Kier alpha value is -3.11. The number of halogens is 4. The lowest BCUT2D eigenvalue weighted by molar-refractivity contribution is -0.149. The van der Waals surface area contributed by atoms with Crippen molar-refractivity contribution in [1.29, 1.82) is 0 Å². The molecule has 4 rings (SSSR count). The van der Waals surface area contributed by atoms with Crippen LogP contribution < -0.4 is 16.0 Å². The molecule has 0 unspecified atom stereocenters. The van der Waals surface area contributed by atoms with Crippen molar-refractivity contribution in [2.75, 3.05) is 18.5 Å². The van der Waals surface area contributed by atoms with Gasteiger partial charge in [0.2, 0.25) is 11.8 Å². The van der Waals surface area contributed by atoms with E-state index in [1.54, 1.807) is 12.1 Å². The molecule has 1 aliphatic carbocycles. The van der Waals surface area contributed by atoms with Crippen molar-refractivity contribution in [3.05, 3.63) is 64.9 Å². The molecule has 2 atom stereocenters. The summed E-state index contributed by atoms with van der Waals surface area (Å²) in [6.07, 6.45) is -1.08. The summed E-state index contributed by atoms with van der Waals surface area (Å²) >= 11 is 6.36. The summed E-state index contributed by atoms with van der Waals surface area (Å²) in [5.74, 6) is -7.23. The monoisotopic (exact) mass is 495 g/mol. The van der Waals surface area contributed by atoms with Crippen LogP contribution in [0.1, 0.15) is 24.3 Å². The number of carbonyl (C=O) groups is 3. The zero-order valence-corrected chi connectivity index (χ0v) is 18.5. The molecule has 1 aliphatic heterocycles. The van der Waals surface area contributed by atoms with Crippen LogP contribution in [0.25, 0.3) is 0 Å². The van der Waals surface area contributed by atoms with Crippen LogP contribution >= 0.6 is 11.6 Å². The first-order valence-electron chi connectivity index (χ1n) is 10.5. The SMILES string of the molecule is O=C1COC[C@](C(=O)Nc2cccc(F)c2)([C@@H](C(=O)NC2CC(F)(F)C2)c2ccccc2Cl)N1. The summed E-state index contributed by atoms with van der Waals surface area (Å²) in [6, 6.07) is 10.5. The fraction of sp³-hybridized carbons (Fsp3) is 0.348. The summed E-state index contributed by atoms with van der Waals surface area (Å²) in [5.41, 5.74) is -1.72. The van der Waals surface area contributed by atoms with Crippen LogP contribution in [0.2, 0.25) is 5.02 Å². The predicted octanol–water partition coefficient (Wildman–Crippen LogP) is 3.00. The van der Waals surface area contributed by atoms with Gasteiger partial charge in [-0.15, -0.1) is 0 Å². The van der Waals surface area contributed by atoms with E-state index in [9.17, 15) is 27.6 Å². The van der Waals surface area contributed by atoms with Gasteiger partial charge in [-0.25, -0.2) is 13.2 Å². The molecule has 3 N–H and O–H groups in total. The van der Waals surface area contributed by atoms with E-state index in [-0.39, 0.29) is 22.9 Å². The lowest BCUT2D eigenvalue weighted by atomic mass is 9.76. The number of rotatable bonds is 6. The molecule has 1 heterocycles. The normalized spacial score (nSPS) is 22.8. The van der Waals surface area contributed by atoms with Gasteiger partial charge in [-0.3, -0.25) is 14.4 Å². The number of alkyl halides is 2. The summed E-state index contributed by atoms with van der Waals surface area (Å²) in [5, 5.41) is 7.74. The standard InChI is InChI=1S/C23H21ClF3N3O4/c24-17-7-2-1-6-16(17)19(20(32)28-15-9-22(26,27)10-15)23(12-34-11-18(31)30-23)21(33)29-14-5-3-4-13(25)8-14/h1-8,15,19H,9-12H2,(H,28,32)(H,29,33)(H,30,31)/t19-,23-/m1/s1. The molecule has 34 heavy (non-hydrogen) atoms. The van der Waals surface area contributed by atoms with Crippen LogP contribution in [-0.2, 0) is 19.1 Å². The molecule has 1 saturated heterocycles. The lowest BCUT2D eigenvalue weighted by Gasteiger charge is -2.43. The van der Waals surface area contributed by atoms with Gasteiger partial charge >= 0.3 is 0 Å². The lowest BCUT2D eigenvalue weighted by Crippen LogP contribution is -2.69. The second-order valence-corrected chi connectivity index (χ2v) is 8.81. The Morgan fingerprint density at radius 3 is 2.53 bits per heavy atom. The number of ether oxygens (including phenoxy) is 1. The van der Waals surface area contributed by atoms with Crippen LogP contribution in [0.5, 0.6) is 0 Å². The Morgan fingerprint density at radius 1 is 1.15 bits per heavy atom. The maximum Gasteiger partial charge on any atom is 0.253 e. The van der Waals surface area contributed by atoms with Gasteiger partial charge in [-0.1, -0.05) is 35.9 Å². The number of hydrogen-bond donors (Lipinski definition) is 3. The van der Waals surface area contributed by atoms with Gasteiger partial charge in [-0.05, 0) is 29.8 Å². The maximum atomic E-state index is 13.7.